The lowest BCUT2D eigenvalue weighted by molar-refractivity contribution is 0.0914. The van der Waals surface area contributed by atoms with Gasteiger partial charge in [0.05, 0.1) is 31.8 Å². The molecule has 1 aromatic carbocycles. The summed E-state index contributed by atoms with van der Waals surface area (Å²) in [7, 11) is 1.61. The van der Waals surface area contributed by atoms with Gasteiger partial charge < -0.3 is 14.5 Å². The standard InChI is InChI=1S/C24H27N7O3/c1-33-20-7-6-18-10-19(24(32)26-22(18)11-20)14-30(13-17-4-2-8-25-12-17)16-23-27-28-29-31(23)15-21-5-3-9-34-21/h2,4,6-8,10-12,21H,3,5,9,13-16H2,1H3,(H,26,32)/t21-/m0/s1. The second-order valence-electron chi connectivity index (χ2n) is 8.50. The van der Waals surface area contributed by atoms with Gasteiger partial charge in [0.25, 0.3) is 5.56 Å². The van der Waals surface area contributed by atoms with Gasteiger partial charge in [-0.1, -0.05) is 6.07 Å². The zero-order valence-electron chi connectivity index (χ0n) is 19.1. The van der Waals surface area contributed by atoms with Crippen molar-refractivity contribution in [2.45, 2.75) is 45.1 Å². The molecule has 1 aliphatic heterocycles. The minimum atomic E-state index is -0.129. The first-order valence-electron chi connectivity index (χ1n) is 11.4. The molecule has 1 aliphatic rings. The van der Waals surface area contributed by atoms with E-state index in [0.717, 1.165) is 41.7 Å². The highest BCUT2D eigenvalue weighted by Gasteiger charge is 2.21. The SMILES string of the molecule is COc1ccc2cc(CN(Cc3cccnc3)Cc3nnnn3C[C@@H]3CCCO3)c(=O)[nH]c2c1. The van der Waals surface area contributed by atoms with Gasteiger partial charge in [0, 0.05) is 43.7 Å². The first-order valence-corrected chi connectivity index (χ1v) is 11.4. The minimum Gasteiger partial charge on any atom is -0.497 e. The molecule has 1 atom stereocenters. The summed E-state index contributed by atoms with van der Waals surface area (Å²) in [5.74, 6) is 1.44. The molecule has 1 fully saturated rings. The molecular weight excluding hydrogens is 434 g/mol. The van der Waals surface area contributed by atoms with Crippen LogP contribution in [-0.2, 0) is 30.9 Å². The van der Waals surface area contributed by atoms with E-state index in [9.17, 15) is 4.79 Å². The number of fused-ring (bicyclic) bond motifs is 1. The molecule has 1 N–H and O–H groups in total. The zero-order chi connectivity index (χ0) is 23.3. The number of rotatable bonds is 9. The lowest BCUT2D eigenvalue weighted by Gasteiger charge is -2.22. The zero-order valence-corrected chi connectivity index (χ0v) is 19.1. The van der Waals surface area contributed by atoms with Crippen LogP contribution in [0, 0.1) is 0 Å². The van der Waals surface area contributed by atoms with E-state index >= 15 is 0 Å². The Balaban J connectivity index is 1.41. The van der Waals surface area contributed by atoms with Crippen LogP contribution >= 0.6 is 0 Å². The first-order chi connectivity index (χ1) is 16.7. The number of nitrogens with zero attached hydrogens (tertiary/aromatic N) is 6. The van der Waals surface area contributed by atoms with Crippen LogP contribution in [0.15, 0.2) is 53.6 Å². The van der Waals surface area contributed by atoms with Crippen molar-refractivity contribution in [3.63, 3.8) is 0 Å². The maximum atomic E-state index is 12.9. The van der Waals surface area contributed by atoms with Crippen LogP contribution in [0.2, 0.25) is 0 Å². The average Bonchev–Trinajstić information content (AvgIpc) is 3.52. The molecule has 4 aromatic rings. The molecular formula is C24H27N7O3. The van der Waals surface area contributed by atoms with Crippen LogP contribution in [0.3, 0.4) is 0 Å². The van der Waals surface area contributed by atoms with E-state index in [0.29, 0.717) is 37.5 Å². The third-order valence-electron chi connectivity index (χ3n) is 6.02. The highest BCUT2D eigenvalue weighted by molar-refractivity contribution is 5.80. The fourth-order valence-electron chi connectivity index (χ4n) is 4.29. The summed E-state index contributed by atoms with van der Waals surface area (Å²) < 4.78 is 12.8. The van der Waals surface area contributed by atoms with E-state index in [4.69, 9.17) is 9.47 Å². The van der Waals surface area contributed by atoms with E-state index in [1.807, 2.05) is 47.3 Å². The van der Waals surface area contributed by atoms with E-state index < -0.39 is 0 Å². The van der Waals surface area contributed by atoms with Crippen molar-refractivity contribution in [1.82, 2.24) is 35.1 Å². The summed E-state index contributed by atoms with van der Waals surface area (Å²) in [5, 5.41) is 13.3. The van der Waals surface area contributed by atoms with Crippen LogP contribution in [0.25, 0.3) is 10.9 Å². The summed E-state index contributed by atoms with van der Waals surface area (Å²) in [5.41, 5.74) is 2.32. The van der Waals surface area contributed by atoms with Crippen LogP contribution in [0.5, 0.6) is 5.75 Å². The molecule has 1 saturated heterocycles. The number of methoxy groups -OCH3 is 1. The van der Waals surface area contributed by atoms with Crippen molar-refractivity contribution >= 4 is 10.9 Å². The van der Waals surface area contributed by atoms with Gasteiger partial charge in [-0.25, -0.2) is 4.68 Å². The van der Waals surface area contributed by atoms with Crippen LogP contribution < -0.4 is 10.3 Å². The number of hydrogen-bond donors (Lipinski definition) is 1. The quantitative estimate of drug-likeness (QED) is 0.404. The van der Waals surface area contributed by atoms with Gasteiger partial charge in [0.2, 0.25) is 0 Å². The predicted molar refractivity (Wildman–Crippen MR) is 125 cm³/mol. The molecule has 0 spiro atoms. The van der Waals surface area contributed by atoms with E-state index in [1.165, 1.54) is 0 Å². The van der Waals surface area contributed by atoms with E-state index in [2.05, 4.69) is 30.4 Å². The molecule has 0 amide bonds. The Hall–Kier alpha value is -3.63. The Morgan fingerprint density at radius 2 is 2.18 bits per heavy atom. The Morgan fingerprint density at radius 1 is 1.24 bits per heavy atom. The van der Waals surface area contributed by atoms with Crippen LogP contribution in [0.1, 0.15) is 29.8 Å². The number of nitrogens with one attached hydrogen (secondary N) is 1. The van der Waals surface area contributed by atoms with Crippen molar-refractivity contribution in [3.8, 4) is 5.75 Å². The van der Waals surface area contributed by atoms with Gasteiger partial charge in [0.15, 0.2) is 5.82 Å². The molecule has 0 saturated carbocycles. The number of hydrogen-bond acceptors (Lipinski definition) is 8. The summed E-state index contributed by atoms with van der Waals surface area (Å²) in [6.07, 6.45) is 5.79. The molecule has 5 rings (SSSR count). The van der Waals surface area contributed by atoms with Gasteiger partial charge in [0.1, 0.15) is 5.75 Å². The number of aromatic nitrogens is 6. The number of tetrazole rings is 1. The third kappa shape index (κ3) is 5.13. The molecule has 10 heteroatoms. The summed E-state index contributed by atoms with van der Waals surface area (Å²) in [4.78, 5) is 22.3. The summed E-state index contributed by atoms with van der Waals surface area (Å²) in [6, 6.07) is 11.5. The molecule has 0 unspecified atom stereocenters. The van der Waals surface area contributed by atoms with Crippen molar-refractivity contribution in [1.29, 1.82) is 0 Å². The predicted octanol–water partition coefficient (Wildman–Crippen LogP) is 2.30. The Labute approximate surface area is 196 Å². The Kier molecular flexibility index (Phi) is 6.59. The van der Waals surface area contributed by atoms with Gasteiger partial charge in [-0.05, 0) is 58.5 Å². The number of H-pyrrole nitrogens is 1. The lowest BCUT2D eigenvalue weighted by atomic mass is 10.1. The smallest absolute Gasteiger partial charge is 0.252 e. The molecule has 176 valence electrons. The molecule has 3 aromatic heterocycles. The van der Waals surface area contributed by atoms with Gasteiger partial charge in [-0.2, -0.15) is 0 Å². The molecule has 0 bridgehead atoms. The summed E-state index contributed by atoms with van der Waals surface area (Å²) >= 11 is 0. The van der Waals surface area contributed by atoms with Crippen molar-refractivity contribution in [2.75, 3.05) is 13.7 Å². The average molecular weight is 462 g/mol. The molecule has 10 nitrogen and oxygen atoms in total. The van der Waals surface area contributed by atoms with Gasteiger partial charge >= 0.3 is 0 Å². The fourth-order valence-corrected chi connectivity index (χ4v) is 4.29. The number of aromatic amines is 1. The number of pyridine rings is 2. The minimum absolute atomic E-state index is 0.129. The van der Waals surface area contributed by atoms with Crippen molar-refractivity contribution in [2.24, 2.45) is 0 Å². The van der Waals surface area contributed by atoms with Gasteiger partial charge in [-0.15, -0.1) is 5.10 Å². The normalized spacial score (nSPS) is 15.9. The molecule has 0 radical (unpaired) electrons. The highest BCUT2D eigenvalue weighted by Crippen LogP contribution is 2.20. The maximum Gasteiger partial charge on any atom is 0.252 e. The lowest BCUT2D eigenvalue weighted by Crippen LogP contribution is -2.29. The topological polar surface area (TPSA) is 111 Å². The number of benzene rings is 1. The third-order valence-corrected chi connectivity index (χ3v) is 6.02. The van der Waals surface area contributed by atoms with Crippen molar-refractivity contribution in [3.05, 3.63) is 76.1 Å². The molecule has 0 aliphatic carbocycles. The maximum absolute atomic E-state index is 12.9. The van der Waals surface area contributed by atoms with Crippen LogP contribution in [0.4, 0.5) is 0 Å². The Bertz CT molecular complexity index is 1300. The van der Waals surface area contributed by atoms with E-state index in [-0.39, 0.29) is 11.7 Å². The summed E-state index contributed by atoms with van der Waals surface area (Å²) in [6.45, 7) is 2.92. The largest absolute Gasteiger partial charge is 0.497 e. The highest BCUT2D eigenvalue weighted by atomic mass is 16.5. The second kappa shape index (κ2) is 10.1. The fraction of sp³-hybridized carbons (Fsp3) is 0.375. The van der Waals surface area contributed by atoms with Gasteiger partial charge in [-0.3, -0.25) is 14.7 Å². The molecule has 4 heterocycles. The first kappa shape index (κ1) is 22.2. The van der Waals surface area contributed by atoms with E-state index in [1.54, 1.807) is 13.3 Å². The monoisotopic (exact) mass is 461 g/mol. The van der Waals surface area contributed by atoms with Crippen LogP contribution in [-0.4, -0.2) is 54.9 Å². The number of ether oxygens (including phenoxy) is 2. The Morgan fingerprint density at radius 3 is 2.97 bits per heavy atom. The molecule has 34 heavy (non-hydrogen) atoms. The van der Waals surface area contributed by atoms with Crippen molar-refractivity contribution < 1.29 is 9.47 Å². The second-order valence-corrected chi connectivity index (χ2v) is 8.50.